The maximum absolute atomic E-state index is 14.1. The van der Waals surface area contributed by atoms with Crippen LogP contribution in [0.25, 0.3) is 83.3 Å². The van der Waals surface area contributed by atoms with Crippen LogP contribution in [0.2, 0.25) is 0 Å². The van der Waals surface area contributed by atoms with Crippen LogP contribution >= 0.6 is 45.3 Å². The molecule has 0 fully saturated rings. The lowest BCUT2D eigenvalue weighted by Crippen LogP contribution is -2.14. The van der Waals surface area contributed by atoms with Crippen LogP contribution < -0.4 is 10.9 Å². The predicted octanol–water partition coefficient (Wildman–Crippen LogP) is 9.58. The summed E-state index contributed by atoms with van der Waals surface area (Å²) >= 11 is 6.95. The molecular formula is C34H20N2O2S4. The fourth-order valence-corrected chi connectivity index (χ4v) is 10.7. The molecule has 4 nitrogen and oxygen atoms in total. The van der Waals surface area contributed by atoms with Crippen molar-refractivity contribution in [1.29, 1.82) is 0 Å². The van der Waals surface area contributed by atoms with Gasteiger partial charge in [0.15, 0.2) is 10.9 Å². The number of hydrogen-bond donors (Lipinski definition) is 0. The van der Waals surface area contributed by atoms with Crippen LogP contribution in [0.5, 0.6) is 0 Å². The largest absolute Gasteiger partial charge is 0.343 e. The van der Waals surface area contributed by atoms with E-state index in [4.69, 9.17) is 0 Å². The van der Waals surface area contributed by atoms with Gasteiger partial charge in [-0.25, -0.2) is 0 Å². The Labute approximate surface area is 254 Å². The molecular weight excluding hydrogens is 597 g/mol. The molecule has 8 heteroatoms. The van der Waals surface area contributed by atoms with Crippen molar-refractivity contribution in [3.05, 3.63) is 104 Å². The molecule has 6 heterocycles. The van der Waals surface area contributed by atoms with Crippen LogP contribution in [-0.2, 0) is 14.1 Å². The molecule has 0 aliphatic carbocycles. The molecule has 0 bridgehead atoms. The van der Waals surface area contributed by atoms with Gasteiger partial charge in [0.05, 0.1) is 22.1 Å². The Hall–Kier alpha value is -4.08. The molecule has 0 saturated heterocycles. The summed E-state index contributed by atoms with van der Waals surface area (Å²) in [5.74, 6) is 0. The van der Waals surface area contributed by atoms with Crippen molar-refractivity contribution in [2.75, 3.05) is 0 Å². The third-order valence-electron chi connectivity index (χ3n) is 8.37. The van der Waals surface area contributed by atoms with E-state index < -0.39 is 0 Å². The molecule has 0 spiro atoms. The molecule has 0 N–H and O–H groups in total. The van der Waals surface area contributed by atoms with Gasteiger partial charge < -0.3 is 9.13 Å². The van der Waals surface area contributed by atoms with Crippen molar-refractivity contribution in [2.45, 2.75) is 0 Å². The van der Waals surface area contributed by atoms with E-state index in [1.165, 1.54) is 18.8 Å². The Morgan fingerprint density at radius 1 is 0.524 bits per heavy atom. The number of benzene rings is 3. The van der Waals surface area contributed by atoms with Crippen molar-refractivity contribution in [1.82, 2.24) is 9.13 Å². The number of rotatable bonds is 2. The second kappa shape index (κ2) is 8.72. The van der Waals surface area contributed by atoms with Gasteiger partial charge in [0, 0.05) is 75.3 Å². The van der Waals surface area contributed by atoms with Gasteiger partial charge in [0.2, 0.25) is 0 Å². The Kier molecular flexibility index (Phi) is 5.09. The van der Waals surface area contributed by atoms with E-state index in [9.17, 15) is 9.59 Å². The highest BCUT2D eigenvalue weighted by Gasteiger charge is 2.19. The Bertz CT molecular complexity index is 2470. The number of hydrogen-bond acceptors (Lipinski definition) is 6. The van der Waals surface area contributed by atoms with Gasteiger partial charge in [-0.15, -0.1) is 45.3 Å². The zero-order chi connectivity index (χ0) is 28.3. The van der Waals surface area contributed by atoms with Crippen LogP contribution in [0, 0.1) is 0 Å². The fraction of sp³-hybridized carbons (Fsp3) is 0.0588. The van der Waals surface area contributed by atoms with Crippen LogP contribution in [-0.4, -0.2) is 9.13 Å². The van der Waals surface area contributed by atoms with Crippen molar-refractivity contribution in [3.63, 3.8) is 0 Å². The molecule has 9 aromatic rings. The summed E-state index contributed by atoms with van der Waals surface area (Å²) in [5, 5.41) is 6.82. The van der Waals surface area contributed by atoms with Crippen LogP contribution in [0.3, 0.4) is 0 Å². The van der Waals surface area contributed by atoms with Crippen molar-refractivity contribution in [2.24, 2.45) is 14.1 Å². The second-order valence-electron chi connectivity index (χ2n) is 10.6. The monoisotopic (exact) mass is 616 g/mol. The maximum Gasteiger partial charge on any atom is 0.197 e. The lowest BCUT2D eigenvalue weighted by Gasteiger charge is -2.17. The van der Waals surface area contributed by atoms with Gasteiger partial charge in [-0.1, -0.05) is 24.3 Å². The number of para-hydroxylation sites is 2. The maximum atomic E-state index is 14.1. The Morgan fingerprint density at radius 3 is 1.40 bits per heavy atom. The predicted molar refractivity (Wildman–Crippen MR) is 184 cm³/mol. The summed E-state index contributed by atoms with van der Waals surface area (Å²) in [6.07, 6.45) is 0. The topological polar surface area (TPSA) is 44.0 Å². The van der Waals surface area contributed by atoms with Crippen molar-refractivity contribution < 1.29 is 0 Å². The number of thiophene rings is 4. The number of aryl methyl sites for hydroxylation is 2. The molecule has 0 aliphatic heterocycles. The van der Waals surface area contributed by atoms with E-state index in [2.05, 4.69) is 56.3 Å². The summed E-state index contributed by atoms with van der Waals surface area (Å²) in [5.41, 5.74) is 5.35. The van der Waals surface area contributed by atoms with Crippen LogP contribution in [0.15, 0.2) is 93.1 Å². The average molecular weight is 617 g/mol. The number of nitrogens with zero attached hydrogens (tertiary/aromatic N) is 2. The third kappa shape index (κ3) is 3.26. The first-order valence-electron chi connectivity index (χ1n) is 13.4. The molecule has 202 valence electrons. The van der Waals surface area contributed by atoms with Gasteiger partial charge >= 0.3 is 0 Å². The lowest BCUT2D eigenvalue weighted by atomic mass is 10.0. The molecule has 42 heavy (non-hydrogen) atoms. The molecule has 3 aromatic carbocycles. The van der Waals surface area contributed by atoms with Gasteiger partial charge in [-0.2, -0.15) is 0 Å². The smallest absolute Gasteiger partial charge is 0.197 e. The van der Waals surface area contributed by atoms with Crippen LogP contribution in [0.1, 0.15) is 0 Å². The average Bonchev–Trinajstić information content (AvgIpc) is 3.79. The van der Waals surface area contributed by atoms with E-state index >= 15 is 0 Å². The van der Waals surface area contributed by atoms with Crippen molar-refractivity contribution >= 4 is 108 Å². The fourth-order valence-electron chi connectivity index (χ4n) is 6.40. The number of pyridine rings is 2. The first-order chi connectivity index (χ1) is 20.5. The molecule has 0 aliphatic rings. The zero-order valence-electron chi connectivity index (χ0n) is 22.4. The minimum Gasteiger partial charge on any atom is -0.343 e. The molecule has 0 amide bonds. The van der Waals surface area contributed by atoms with E-state index in [0.29, 0.717) is 21.5 Å². The molecule has 0 radical (unpaired) electrons. The standard InChI is InChI=1S/C34H20N2O2S4/c1-35-23-13-22-24(36(2)32-18(6-4-8-20(32)34(22)38)28-16-30-26(42-28)10-12-40-30)14-21(23)33(37)19-7-3-5-17(31(19)35)27-15-29-25(41-27)9-11-39-29/h3-16H,1-2H3. The molecule has 0 saturated carbocycles. The second-order valence-corrected chi connectivity index (χ2v) is 14.6. The minimum absolute atomic E-state index is 0.0143. The SMILES string of the molecule is Cn1c2cc3c(=O)c4cccc(-c5cc6sccc6s5)c4n(C)c3cc2c(=O)c2cccc(-c3cc4sccc4s3)c21. The van der Waals surface area contributed by atoms with E-state index in [1.54, 1.807) is 45.3 Å². The molecule has 0 atom stereocenters. The van der Waals surface area contributed by atoms with E-state index in [1.807, 2.05) is 50.5 Å². The lowest BCUT2D eigenvalue weighted by molar-refractivity contribution is 0.995. The van der Waals surface area contributed by atoms with Gasteiger partial charge in [-0.3, -0.25) is 9.59 Å². The van der Waals surface area contributed by atoms with E-state index in [0.717, 1.165) is 42.9 Å². The van der Waals surface area contributed by atoms with Crippen LogP contribution in [0.4, 0.5) is 0 Å². The zero-order valence-corrected chi connectivity index (χ0v) is 25.7. The normalized spacial score (nSPS) is 12.2. The minimum atomic E-state index is -0.0143. The summed E-state index contributed by atoms with van der Waals surface area (Å²) in [7, 11) is 4.00. The molecule has 0 unspecified atom stereocenters. The van der Waals surface area contributed by atoms with Gasteiger partial charge in [0.25, 0.3) is 0 Å². The Balaban J connectivity index is 1.37. The van der Waals surface area contributed by atoms with Crippen molar-refractivity contribution in [3.8, 4) is 20.9 Å². The summed E-state index contributed by atoms with van der Waals surface area (Å²) in [6, 6.07) is 24.5. The highest BCUT2D eigenvalue weighted by atomic mass is 32.1. The first-order valence-corrected chi connectivity index (χ1v) is 16.8. The molecule has 6 aromatic heterocycles. The third-order valence-corrected chi connectivity index (χ3v) is 12.6. The summed E-state index contributed by atoms with van der Waals surface area (Å²) < 4.78 is 9.18. The molecule has 9 rings (SSSR count). The summed E-state index contributed by atoms with van der Waals surface area (Å²) in [6.45, 7) is 0. The van der Waals surface area contributed by atoms with Gasteiger partial charge in [-0.05, 0) is 59.3 Å². The number of aromatic nitrogens is 2. The van der Waals surface area contributed by atoms with Gasteiger partial charge in [0.1, 0.15) is 0 Å². The summed E-state index contributed by atoms with van der Waals surface area (Å²) in [4.78, 5) is 30.5. The van der Waals surface area contributed by atoms with E-state index in [-0.39, 0.29) is 10.9 Å². The number of fused-ring (bicyclic) bond motifs is 6. The first kappa shape index (κ1) is 24.5. The Morgan fingerprint density at radius 2 is 0.976 bits per heavy atom. The highest BCUT2D eigenvalue weighted by Crippen LogP contribution is 2.41. The highest BCUT2D eigenvalue weighted by molar-refractivity contribution is 7.29. The quantitative estimate of drug-likeness (QED) is 0.182.